The van der Waals surface area contributed by atoms with E-state index >= 15 is 0 Å². The van der Waals surface area contributed by atoms with Crippen molar-refractivity contribution in [3.63, 3.8) is 0 Å². The number of hydrazone groups is 1. The van der Waals surface area contributed by atoms with Crippen LogP contribution in [0.15, 0.2) is 65.1 Å². The SMILES string of the molecule is Cc1nc(/C=N\NC(=O)c2ccc(Cn3nnc(-c4ccccc4)n3)cc2)cs1. The van der Waals surface area contributed by atoms with E-state index in [1.165, 1.54) is 22.3 Å². The zero-order chi connectivity index (χ0) is 20.1. The van der Waals surface area contributed by atoms with E-state index in [1.54, 1.807) is 12.1 Å². The summed E-state index contributed by atoms with van der Waals surface area (Å²) in [6.45, 7) is 2.38. The number of amides is 1. The summed E-state index contributed by atoms with van der Waals surface area (Å²) < 4.78 is 0. The van der Waals surface area contributed by atoms with Gasteiger partial charge in [0.2, 0.25) is 5.82 Å². The first-order valence-corrected chi connectivity index (χ1v) is 9.73. The Labute approximate surface area is 170 Å². The lowest BCUT2D eigenvalue weighted by molar-refractivity contribution is 0.0955. The summed E-state index contributed by atoms with van der Waals surface area (Å²) in [5, 5.41) is 19.3. The van der Waals surface area contributed by atoms with Crippen LogP contribution in [0.2, 0.25) is 0 Å². The van der Waals surface area contributed by atoms with Gasteiger partial charge in [0.15, 0.2) is 0 Å². The maximum atomic E-state index is 12.2. The molecule has 2 aromatic heterocycles. The van der Waals surface area contributed by atoms with Crippen LogP contribution in [0.5, 0.6) is 0 Å². The highest BCUT2D eigenvalue weighted by Crippen LogP contribution is 2.13. The van der Waals surface area contributed by atoms with Gasteiger partial charge in [-0.3, -0.25) is 4.79 Å². The molecule has 9 heteroatoms. The predicted octanol–water partition coefficient (Wildman–Crippen LogP) is 2.92. The van der Waals surface area contributed by atoms with Crippen molar-refractivity contribution in [1.29, 1.82) is 0 Å². The van der Waals surface area contributed by atoms with E-state index in [0.717, 1.165) is 21.8 Å². The summed E-state index contributed by atoms with van der Waals surface area (Å²) in [6, 6.07) is 16.9. The molecule has 0 saturated carbocycles. The molecular weight excluding hydrogens is 386 g/mol. The van der Waals surface area contributed by atoms with E-state index in [-0.39, 0.29) is 5.91 Å². The predicted molar refractivity (Wildman–Crippen MR) is 111 cm³/mol. The summed E-state index contributed by atoms with van der Waals surface area (Å²) in [5.41, 5.74) is 5.61. The minimum Gasteiger partial charge on any atom is -0.267 e. The highest BCUT2D eigenvalue weighted by atomic mass is 32.1. The van der Waals surface area contributed by atoms with Crippen molar-refractivity contribution >= 4 is 23.5 Å². The van der Waals surface area contributed by atoms with Gasteiger partial charge in [0.05, 0.1) is 23.5 Å². The summed E-state index contributed by atoms with van der Waals surface area (Å²) in [5.74, 6) is 0.291. The van der Waals surface area contributed by atoms with Gasteiger partial charge < -0.3 is 0 Å². The molecule has 0 saturated heterocycles. The van der Waals surface area contributed by atoms with Crippen molar-refractivity contribution in [1.82, 2.24) is 30.6 Å². The fraction of sp³-hybridized carbons (Fsp3) is 0.100. The lowest BCUT2D eigenvalue weighted by atomic mass is 10.1. The molecule has 144 valence electrons. The number of nitrogens with zero attached hydrogens (tertiary/aromatic N) is 6. The molecule has 1 amide bonds. The molecule has 0 aliphatic rings. The van der Waals surface area contributed by atoms with Gasteiger partial charge in [-0.15, -0.1) is 21.5 Å². The first-order chi connectivity index (χ1) is 14.2. The highest BCUT2D eigenvalue weighted by Gasteiger charge is 2.07. The van der Waals surface area contributed by atoms with Gasteiger partial charge in [-0.05, 0) is 29.8 Å². The van der Waals surface area contributed by atoms with Crippen molar-refractivity contribution in [2.45, 2.75) is 13.5 Å². The third kappa shape index (κ3) is 4.77. The largest absolute Gasteiger partial charge is 0.271 e. The molecule has 0 unspecified atom stereocenters. The van der Waals surface area contributed by atoms with Crippen LogP contribution in [-0.2, 0) is 6.54 Å². The molecule has 8 nitrogen and oxygen atoms in total. The van der Waals surface area contributed by atoms with Crippen LogP contribution >= 0.6 is 11.3 Å². The van der Waals surface area contributed by atoms with Crippen LogP contribution in [0.4, 0.5) is 0 Å². The molecule has 0 atom stereocenters. The highest BCUT2D eigenvalue weighted by molar-refractivity contribution is 7.09. The van der Waals surface area contributed by atoms with Gasteiger partial charge in [-0.2, -0.15) is 9.90 Å². The van der Waals surface area contributed by atoms with Crippen molar-refractivity contribution in [2.75, 3.05) is 0 Å². The molecule has 4 rings (SSSR count). The molecule has 4 aromatic rings. The van der Waals surface area contributed by atoms with E-state index in [2.05, 4.69) is 30.9 Å². The van der Waals surface area contributed by atoms with Crippen molar-refractivity contribution in [3.05, 3.63) is 81.8 Å². The first kappa shape index (κ1) is 18.6. The van der Waals surface area contributed by atoms with Gasteiger partial charge in [0.25, 0.3) is 5.91 Å². The van der Waals surface area contributed by atoms with Gasteiger partial charge in [-0.1, -0.05) is 42.5 Å². The molecule has 0 aliphatic heterocycles. The summed E-state index contributed by atoms with van der Waals surface area (Å²) in [4.78, 5) is 18.0. The molecule has 0 radical (unpaired) electrons. The number of rotatable bonds is 6. The lowest BCUT2D eigenvalue weighted by Gasteiger charge is -2.02. The second-order valence-electron chi connectivity index (χ2n) is 6.20. The molecular formula is C20H17N7OS. The Morgan fingerprint density at radius 1 is 1.17 bits per heavy atom. The van der Waals surface area contributed by atoms with E-state index < -0.39 is 0 Å². The maximum absolute atomic E-state index is 12.2. The van der Waals surface area contributed by atoms with Crippen molar-refractivity contribution in [3.8, 4) is 11.4 Å². The number of hydrogen-bond donors (Lipinski definition) is 1. The molecule has 2 heterocycles. The number of carbonyl (C=O) groups excluding carboxylic acids is 1. The fourth-order valence-corrected chi connectivity index (χ4v) is 3.16. The van der Waals surface area contributed by atoms with Crippen molar-refractivity contribution < 1.29 is 4.79 Å². The number of carbonyl (C=O) groups is 1. The minimum absolute atomic E-state index is 0.287. The van der Waals surface area contributed by atoms with E-state index in [9.17, 15) is 4.79 Å². The molecule has 0 bridgehead atoms. The van der Waals surface area contributed by atoms with Gasteiger partial charge in [-0.25, -0.2) is 10.4 Å². The zero-order valence-electron chi connectivity index (χ0n) is 15.6. The van der Waals surface area contributed by atoms with E-state index in [0.29, 0.717) is 17.9 Å². The molecule has 0 aliphatic carbocycles. The van der Waals surface area contributed by atoms with Crippen LogP contribution in [0.25, 0.3) is 11.4 Å². The summed E-state index contributed by atoms with van der Waals surface area (Å²) >= 11 is 1.53. The zero-order valence-corrected chi connectivity index (χ0v) is 16.4. The third-order valence-electron chi connectivity index (χ3n) is 4.02. The summed E-state index contributed by atoms with van der Waals surface area (Å²) in [6.07, 6.45) is 1.52. The van der Waals surface area contributed by atoms with Crippen LogP contribution in [0.1, 0.15) is 26.6 Å². The monoisotopic (exact) mass is 403 g/mol. The Bertz CT molecular complexity index is 1130. The molecule has 2 aromatic carbocycles. The number of aromatic nitrogens is 5. The number of aryl methyl sites for hydroxylation is 1. The smallest absolute Gasteiger partial charge is 0.267 e. The van der Waals surface area contributed by atoms with Crippen LogP contribution in [0, 0.1) is 6.92 Å². The molecule has 1 N–H and O–H groups in total. The van der Waals surface area contributed by atoms with Gasteiger partial charge in [0, 0.05) is 16.5 Å². The van der Waals surface area contributed by atoms with Crippen LogP contribution in [0.3, 0.4) is 0 Å². The second-order valence-corrected chi connectivity index (χ2v) is 7.26. The minimum atomic E-state index is -0.287. The second kappa shape index (κ2) is 8.53. The number of thiazole rings is 1. The Morgan fingerprint density at radius 3 is 2.69 bits per heavy atom. The number of benzene rings is 2. The number of tetrazole rings is 1. The Balaban J connectivity index is 1.36. The van der Waals surface area contributed by atoms with Gasteiger partial charge >= 0.3 is 0 Å². The maximum Gasteiger partial charge on any atom is 0.271 e. The van der Waals surface area contributed by atoms with E-state index in [4.69, 9.17) is 0 Å². The average molecular weight is 403 g/mol. The molecule has 29 heavy (non-hydrogen) atoms. The van der Waals surface area contributed by atoms with Gasteiger partial charge in [0.1, 0.15) is 0 Å². The number of hydrogen-bond acceptors (Lipinski definition) is 7. The summed E-state index contributed by atoms with van der Waals surface area (Å²) in [7, 11) is 0. The van der Waals surface area contributed by atoms with Crippen LogP contribution < -0.4 is 5.43 Å². The third-order valence-corrected chi connectivity index (χ3v) is 4.82. The number of nitrogens with one attached hydrogen (secondary N) is 1. The van der Waals surface area contributed by atoms with Crippen LogP contribution in [-0.4, -0.2) is 37.3 Å². The average Bonchev–Trinajstić information content (AvgIpc) is 3.38. The standard InChI is InChI=1S/C20H17N7OS/c1-14-22-18(13-29-14)11-21-24-20(28)17-9-7-15(8-10-17)12-27-25-19(23-26-27)16-5-3-2-4-6-16/h2-11,13H,12H2,1H3,(H,24,28)/b21-11-. The van der Waals surface area contributed by atoms with Crippen molar-refractivity contribution in [2.24, 2.45) is 5.10 Å². The van der Waals surface area contributed by atoms with E-state index in [1.807, 2.05) is 54.8 Å². The lowest BCUT2D eigenvalue weighted by Crippen LogP contribution is -2.17. The fourth-order valence-electron chi connectivity index (χ4n) is 2.60. The first-order valence-electron chi connectivity index (χ1n) is 8.85. The molecule has 0 fully saturated rings. The Kier molecular flexibility index (Phi) is 5.48. The quantitative estimate of drug-likeness (QED) is 0.394. The topological polar surface area (TPSA) is 98.0 Å². The normalized spacial score (nSPS) is 11.1. The molecule has 0 spiro atoms. The Hall–Kier alpha value is -3.72. The Morgan fingerprint density at radius 2 is 1.97 bits per heavy atom.